The summed E-state index contributed by atoms with van der Waals surface area (Å²) >= 11 is 1.26. The molecule has 25 heavy (non-hydrogen) atoms. The van der Waals surface area contributed by atoms with Crippen LogP contribution in [0, 0.1) is 0 Å². The summed E-state index contributed by atoms with van der Waals surface area (Å²) in [6.07, 6.45) is 6.24. The van der Waals surface area contributed by atoms with Gasteiger partial charge in [0, 0.05) is 19.2 Å². The van der Waals surface area contributed by atoms with Gasteiger partial charge in [0.1, 0.15) is 0 Å². The van der Waals surface area contributed by atoms with Crippen LogP contribution in [0.1, 0.15) is 57.6 Å². The molecule has 2 aliphatic rings. The molecule has 0 radical (unpaired) electrons. The minimum atomic E-state index is -0.281. The SMILES string of the molecule is Cl.O=C(Nc1nc2c(s1)C(=O)CCC2)c1ccn(C2CCCNC2)n1. The zero-order valence-corrected chi connectivity index (χ0v) is 15.3. The van der Waals surface area contributed by atoms with Crippen molar-refractivity contribution in [2.45, 2.75) is 38.1 Å². The van der Waals surface area contributed by atoms with Crippen LogP contribution in [0.3, 0.4) is 0 Å². The first-order valence-electron chi connectivity index (χ1n) is 8.31. The number of rotatable bonds is 3. The van der Waals surface area contributed by atoms with Crippen molar-refractivity contribution in [2.24, 2.45) is 0 Å². The van der Waals surface area contributed by atoms with Crippen LogP contribution < -0.4 is 10.6 Å². The Hall–Kier alpha value is -1.77. The van der Waals surface area contributed by atoms with Gasteiger partial charge in [-0.2, -0.15) is 5.10 Å². The number of thiazole rings is 1. The van der Waals surface area contributed by atoms with Crippen molar-refractivity contribution in [3.63, 3.8) is 0 Å². The average molecular weight is 382 g/mol. The third-order valence-corrected chi connectivity index (χ3v) is 5.53. The maximum Gasteiger partial charge on any atom is 0.277 e. The Labute approximate surface area is 155 Å². The van der Waals surface area contributed by atoms with Crippen molar-refractivity contribution in [3.8, 4) is 0 Å². The highest BCUT2D eigenvalue weighted by atomic mass is 35.5. The van der Waals surface area contributed by atoms with E-state index in [4.69, 9.17) is 0 Å². The first kappa shape index (κ1) is 18.0. The largest absolute Gasteiger partial charge is 0.315 e. The predicted molar refractivity (Wildman–Crippen MR) is 98.0 cm³/mol. The van der Waals surface area contributed by atoms with Gasteiger partial charge in [-0.25, -0.2) is 4.98 Å². The molecule has 0 aromatic carbocycles. The maximum absolute atomic E-state index is 12.4. The minimum Gasteiger partial charge on any atom is -0.315 e. The second-order valence-corrected chi connectivity index (χ2v) is 7.21. The summed E-state index contributed by atoms with van der Waals surface area (Å²) in [7, 11) is 0. The van der Waals surface area contributed by atoms with E-state index in [0.29, 0.717) is 28.2 Å². The van der Waals surface area contributed by atoms with Crippen LogP contribution in [0.2, 0.25) is 0 Å². The molecule has 0 bridgehead atoms. The topological polar surface area (TPSA) is 88.9 Å². The van der Waals surface area contributed by atoms with E-state index in [9.17, 15) is 9.59 Å². The fourth-order valence-electron chi connectivity index (χ4n) is 3.21. The van der Waals surface area contributed by atoms with E-state index < -0.39 is 0 Å². The lowest BCUT2D eigenvalue weighted by Gasteiger charge is -2.22. The maximum atomic E-state index is 12.4. The normalized spacial score (nSPS) is 19.8. The number of nitrogens with zero attached hydrogens (tertiary/aromatic N) is 3. The smallest absolute Gasteiger partial charge is 0.277 e. The van der Waals surface area contributed by atoms with Gasteiger partial charge < -0.3 is 5.32 Å². The molecule has 1 aliphatic heterocycles. The number of aryl methyl sites for hydroxylation is 1. The Morgan fingerprint density at radius 2 is 2.24 bits per heavy atom. The summed E-state index contributed by atoms with van der Waals surface area (Å²) in [6.45, 7) is 1.92. The van der Waals surface area contributed by atoms with E-state index in [-0.39, 0.29) is 24.1 Å². The number of Topliss-reactive ketones (excluding diaryl/α,β-unsaturated/α-hetero) is 1. The molecule has 0 spiro atoms. The molecule has 4 rings (SSSR count). The van der Waals surface area contributed by atoms with Gasteiger partial charge >= 0.3 is 0 Å². The van der Waals surface area contributed by atoms with Crippen molar-refractivity contribution in [3.05, 3.63) is 28.5 Å². The van der Waals surface area contributed by atoms with E-state index in [1.165, 1.54) is 11.3 Å². The van der Waals surface area contributed by atoms with E-state index in [2.05, 4.69) is 20.7 Å². The first-order valence-corrected chi connectivity index (χ1v) is 9.12. The Bertz CT molecular complexity index is 781. The van der Waals surface area contributed by atoms with Gasteiger partial charge in [-0.3, -0.25) is 19.6 Å². The Kier molecular flexibility index (Phi) is 5.51. The number of hydrogen-bond donors (Lipinski definition) is 2. The number of anilines is 1. The quantitative estimate of drug-likeness (QED) is 0.852. The highest BCUT2D eigenvalue weighted by Crippen LogP contribution is 2.29. The second kappa shape index (κ2) is 7.63. The molecule has 2 N–H and O–H groups in total. The number of ketones is 1. The number of amides is 1. The van der Waals surface area contributed by atoms with Gasteiger partial charge in [0.05, 0.1) is 16.6 Å². The van der Waals surface area contributed by atoms with Crippen LogP contribution in [-0.2, 0) is 6.42 Å². The lowest BCUT2D eigenvalue weighted by molar-refractivity contribution is 0.0975. The van der Waals surface area contributed by atoms with Gasteiger partial charge in [0.15, 0.2) is 16.6 Å². The van der Waals surface area contributed by atoms with Crippen molar-refractivity contribution in [2.75, 3.05) is 18.4 Å². The summed E-state index contributed by atoms with van der Waals surface area (Å²) in [6, 6.07) is 2.02. The fourth-order valence-corrected chi connectivity index (χ4v) is 4.18. The summed E-state index contributed by atoms with van der Waals surface area (Å²) < 4.78 is 1.86. The van der Waals surface area contributed by atoms with Crippen LogP contribution in [-0.4, -0.2) is 39.5 Å². The summed E-state index contributed by atoms with van der Waals surface area (Å²) in [4.78, 5) is 29.3. The van der Waals surface area contributed by atoms with Crippen LogP contribution in [0.25, 0.3) is 0 Å². The molecule has 7 nitrogen and oxygen atoms in total. The molecule has 1 aliphatic carbocycles. The number of piperidine rings is 1. The van der Waals surface area contributed by atoms with E-state index in [1.54, 1.807) is 6.07 Å². The van der Waals surface area contributed by atoms with Crippen LogP contribution >= 0.6 is 23.7 Å². The molecule has 2 aromatic heterocycles. The molecule has 3 heterocycles. The first-order chi connectivity index (χ1) is 11.7. The number of carbonyl (C=O) groups excluding carboxylic acids is 2. The standard InChI is InChI=1S/C16H19N5O2S.ClH/c22-13-5-1-4-11-14(13)24-16(18-11)19-15(23)12-6-8-21(20-12)10-3-2-7-17-9-10;/h6,8,10,17H,1-5,7,9H2,(H,18,19,23);1H. The molecule has 1 amide bonds. The third kappa shape index (κ3) is 3.75. The summed E-state index contributed by atoms with van der Waals surface area (Å²) in [5.41, 5.74) is 1.19. The van der Waals surface area contributed by atoms with E-state index >= 15 is 0 Å². The van der Waals surface area contributed by atoms with E-state index in [1.807, 2.05) is 10.9 Å². The molecule has 1 fully saturated rings. The molecule has 134 valence electrons. The number of carbonyl (C=O) groups is 2. The summed E-state index contributed by atoms with van der Waals surface area (Å²) in [5.74, 6) is -0.153. The third-order valence-electron chi connectivity index (χ3n) is 4.47. The highest BCUT2D eigenvalue weighted by Gasteiger charge is 2.23. The van der Waals surface area contributed by atoms with Crippen LogP contribution in [0.15, 0.2) is 12.3 Å². The van der Waals surface area contributed by atoms with Gasteiger partial charge in [-0.05, 0) is 38.3 Å². The molecule has 9 heteroatoms. The van der Waals surface area contributed by atoms with Crippen molar-refractivity contribution in [1.82, 2.24) is 20.1 Å². The van der Waals surface area contributed by atoms with Crippen LogP contribution in [0.4, 0.5) is 5.13 Å². The van der Waals surface area contributed by atoms with Gasteiger partial charge in [-0.1, -0.05) is 11.3 Å². The molecule has 1 saturated heterocycles. The second-order valence-electron chi connectivity index (χ2n) is 6.21. The monoisotopic (exact) mass is 381 g/mol. The van der Waals surface area contributed by atoms with Crippen molar-refractivity contribution < 1.29 is 9.59 Å². The van der Waals surface area contributed by atoms with Crippen LogP contribution in [0.5, 0.6) is 0 Å². The lowest BCUT2D eigenvalue weighted by atomic mass is 10.0. The number of fused-ring (bicyclic) bond motifs is 1. The molecular formula is C16H20ClN5O2S. The number of halogens is 1. The van der Waals surface area contributed by atoms with Crippen molar-refractivity contribution in [1.29, 1.82) is 0 Å². The Morgan fingerprint density at radius 1 is 1.36 bits per heavy atom. The molecular weight excluding hydrogens is 362 g/mol. The zero-order chi connectivity index (χ0) is 16.5. The highest BCUT2D eigenvalue weighted by molar-refractivity contribution is 7.17. The lowest BCUT2D eigenvalue weighted by Crippen LogP contribution is -2.32. The van der Waals surface area contributed by atoms with Gasteiger partial charge in [0.2, 0.25) is 0 Å². The Morgan fingerprint density at radius 3 is 3.00 bits per heavy atom. The summed E-state index contributed by atoms with van der Waals surface area (Å²) in [5, 5.41) is 11.0. The van der Waals surface area contributed by atoms with Gasteiger partial charge in [-0.15, -0.1) is 12.4 Å². The predicted octanol–water partition coefficient (Wildman–Crippen LogP) is 2.46. The Balaban J connectivity index is 0.00000182. The molecule has 0 saturated carbocycles. The number of aromatic nitrogens is 3. The van der Waals surface area contributed by atoms with Crippen molar-refractivity contribution >= 4 is 40.6 Å². The fraction of sp³-hybridized carbons (Fsp3) is 0.500. The average Bonchev–Trinajstić information content (AvgIpc) is 3.23. The van der Waals surface area contributed by atoms with Gasteiger partial charge in [0.25, 0.3) is 5.91 Å². The number of nitrogens with one attached hydrogen (secondary N) is 2. The minimum absolute atomic E-state index is 0. The van der Waals surface area contributed by atoms with E-state index in [0.717, 1.165) is 44.5 Å². The molecule has 1 atom stereocenters. The number of hydrogen-bond acceptors (Lipinski definition) is 6. The molecule has 2 aromatic rings. The zero-order valence-electron chi connectivity index (χ0n) is 13.7. The molecule has 1 unspecified atom stereocenters.